The number of ether oxygens (including phenoxy) is 2. The molecule has 0 saturated heterocycles. The summed E-state index contributed by atoms with van der Waals surface area (Å²) in [6.45, 7) is -0.0569. The van der Waals surface area contributed by atoms with Crippen molar-refractivity contribution in [3.63, 3.8) is 0 Å². The van der Waals surface area contributed by atoms with Crippen molar-refractivity contribution in [3.05, 3.63) is 58.4 Å². The molecule has 0 amide bonds. The summed E-state index contributed by atoms with van der Waals surface area (Å²) in [7, 11) is 1.50. The van der Waals surface area contributed by atoms with Gasteiger partial charge in [-0.3, -0.25) is 4.79 Å². The van der Waals surface area contributed by atoms with Gasteiger partial charge in [0.15, 0.2) is 6.29 Å². The second-order valence-corrected chi connectivity index (χ2v) is 4.42. The first-order valence-electron chi connectivity index (χ1n) is 5.84. The highest BCUT2D eigenvalue weighted by Gasteiger charge is 2.10. The van der Waals surface area contributed by atoms with Crippen molar-refractivity contribution in [2.24, 2.45) is 0 Å². The molecule has 0 saturated carbocycles. The van der Waals surface area contributed by atoms with Crippen molar-refractivity contribution in [1.29, 1.82) is 0 Å². The fourth-order valence-corrected chi connectivity index (χ4v) is 1.91. The minimum absolute atomic E-state index is 0.0569. The minimum Gasteiger partial charge on any atom is -0.497 e. The van der Waals surface area contributed by atoms with Gasteiger partial charge in [-0.2, -0.15) is 0 Å². The van der Waals surface area contributed by atoms with Gasteiger partial charge in [0.2, 0.25) is 0 Å². The van der Waals surface area contributed by atoms with Gasteiger partial charge in [0.1, 0.15) is 23.9 Å². The quantitative estimate of drug-likeness (QED) is 0.785. The molecule has 2 aromatic rings. The first-order valence-corrected chi connectivity index (χ1v) is 6.22. The summed E-state index contributed by atoms with van der Waals surface area (Å²) >= 11 is 5.91. The predicted octanol–water partition coefficient (Wildman–Crippen LogP) is 3.88. The third-order valence-electron chi connectivity index (χ3n) is 2.78. The fourth-order valence-electron chi connectivity index (χ4n) is 1.70. The van der Waals surface area contributed by atoms with E-state index in [0.717, 1.165) is 0 Å². The van der Waals surface area contributed by atoms with Crippen LogP contribution in [-0.2, 0) is 6.61 Å². The number of carbonyl (C=O) groups is 1. The Labute approximate surface area is 120 Å². The van der Waals surface area contributed by atoms with Crippen molar-refractivity contribution < 1.29 is 18.7 Å². The molecule has 0 spiro atoms. The Bertz CT molecular complexity index is 608. The molecule has 5 heteroatoms. The number of hydrogen-bond donors (Lipinski definition) is 0. The number of carbonyl (C=O) groups excluding carboxylic acids is 1. The van der Waals surface area contributed by atoms with E-state index >= 15 is 0 Å². The summed E-state index contributed by atoms with van der Waals surface area (Å²) in [5.74, 6) is 0.446. The van der Waals surface area contributed by atoms with Gasteiger partial charge in [-0.25, -0.2) is 4.39 Å². The van der Waals surface area contributed by atoms with E-state index in [9.17, 15) is 9.18 Å². The molecule has 0 bridgehead atoms. The lowest BCUT2D eigenvalue weighted by atomic mass is 10.2. The maximum Gasteiger partial charge on any atom is 0.153 e. The van der Waals surface area contributed by atoms with E-state index in [-0.39, 0.29) is 17.2 Å². The van der Waals surface area contributed by atoms with Crippen LogP contribution in [0.4, 0.5) is 4.39 Å². The molecule has 2 aromatic carbocycles. The van der Waals surface area contributed by atoms with Gasteiger partial charge in [0.25, 0.3) is 0 Å². The van der Waals surface area contributed by atoms with Crippen LogP contribution < -0.4 is 9.47 Å². The van der Waals surface area contributed by atoms with Crippen LogP contribution in [0.2, 0.25) is 5.02 Å². The van der Waals surface area contributed by atoms with Crippen LogP contribution >= 0.6 is 11.6 Å². The summed E-state index contributed by atoms with van der Waals surface area (Å²) in [5, 5.41) is 0.283. The molecule has 0 radical (unpaired) electrons. The van der Waals surface area contributed by atoms with Crippen LogP contribution in [-0.4, -0.2) is 13.4 Å². The Hall–Kier alpha value is -2.07. The van der Waals surface area contributed by atoms with E-state index in [4.69, 9.17) is 21.1 Å². The van der Waals surface area contributed by atoms with Gasteiger partial charge in [-0.1, -0.05) is 17.7 Å². The molecule has 0 unspecified atom stereocenters. The van der Waals surface area contributed by atoms with Gasteiger partial charge in [0, 0.05) is 5.56 Å². The van der Waals surface area contributed by atoms with Gasteiger partial charge in [-0.15, -0.1) is 0 Å². The van der Waals surface area contributed by atoms with Gasteiger partial charge >= 0.3 is 0 Å². The van der Waals surface area contributed by atoms with Crippen LogP contribution in [0.3, 0.4) is 0 Å². The molecular formula is C15H12ClFO3. The largest absolute Gasteiger partial charge is 0.497 e. The molecule has 104 valence electrons. The zero-order valence-electron chi connectivity index (χ0n) is 10.7. The van der Waals surface area contributed by atoms with Gasteiger partial charge < -0.3 is 9.47 Å². The lowest BCUT2D eigenvalue weighted by Crippen LogP contribution is -2.01. The number of halogens is 2. The highest BCUT2D eigenvalue weighted by molar-refractivity contribution is 6.31. The molecule has 2 rings (SSSR count). The molecule has 0 fully saturated rings. The summed E-state index contributed by atoms with van der Waals surface area (Å²) in [6, 6.07) is 9.20. The normalized spacial score (nSPS) is 10.2. The molecule has 0 heterocycles. The zero-order valence-corrected chi connectivity index (χ0v) is 11.5. The van der Waals surface area contributed by atoms with Crippen LogP contribution in [0.25, 0.3) is 0 Å². The van der Waals surface area contributed by atoms with E-state index in [1.54, 1.807) is 24.3 Å². The molecule has 0 atom stereocenters. The topological polar surface area (TPSA) is 35.5 Å². The Balaban J connectivity index is 2.21. The summed E-state index contributed by atoms with van der Waals surface area (Å²) in [6.07, 6.45) is 0.654. The van der Waals surface area contributed by atoms with E-state index in [1.165, 1.54) is 19.2 Å². The molecule has 0 N–H and O–H groups in total. The maximum atomic E-state index is 13.6. The van der Waals surface area contributed by atoms with Crippen molar-refractivity contribution in [3.8, 4) is 11.5 Å². The number of aldehydes is 1. The van der Waals surface area contributed by atoms with E-state index in [2.05, 4.69) is 0 Å². The van der Waals surface area contributed by atoms with Crippen LogP contribution in [0.15, 0.2) is 36.4 Å². The minimum atomic E-state index is -0.446. The van der Waals surface area contributed by atoms with E-state index in [0.29, 0.717) is 23.3 Å². The smallest absolute Gasteiger partial charge is 0.153 e. The maximum absolute atomic E-state index is 13.6. The molecule has 3 nitrogen and oxygen atoms in total. The zero-order chi connectivity index (χ0) is 14.5. The average molecular weight is 295 g/mol. The average Bonchev–Trinajstić information content (AvgIpc) is 2.46. The second kappa shape index (κ2) is 6.39. The Kier molecular flexibility index (Phi) is 4.58. The Morgan fingerprint density at radius 3 is 2.75 bits per heavy atom. The molecular weight excluding hydrogens is 283 g/mol. The van der Waals surface area contributed by atoms with Crippen molar-refractivity contribution in [2.45, 2.75) is 6.61 Å². The molecule has 0 aliphatic rings. The molecule has 0 aliphatic heterocycles. The van der Waals surface area contributed by atoms with Crippen LogP contribution in [0, 0.1) is 5.82 Å². The van der Waals surface area contributed by atoms with Crippen LogP contribution in [0.5, 0.6) is 11.5 Å². The Morgan fingerprint density at radius 2 is 2.10 bits per heavy atom. The number of benzene rings is 2. The van der Waals surface area contributed by atoms with Crippen LogP contribution in [0.1, 0.15) is 15.9 Å². The number of hydrogen-bond acceptors (Lipinski definition) is 3. The first-order chi connectivity index (χ1) is 9.65. The standard InChI is InChI=1S/C15H12ClFO3/c1-19-11-5-6-15(10(7-11)8-18)20-9-12-13(16)3-2-4-14(12)17/h2-8H,9H2,1H3. The predicted molar refractivity (Wildman–Crippen MR) is 74.1 cm³/mol. The monoisotopic (exact) mass is 294 g/mol. The lowest BCUT2D eigenvalue weighted by Gasteiger charge is -2.11. The Morgan fingerprint density at radius 1 is 1.30 bits per heavy atom. The third-order valence-corrected chi connectivity index (χ3v) is 3.13. The van der Waals surface area contributed by atoms with E-state index in [1.807, 2.05) is 0 Å². The summed E-state index contributed by atoms with van der Waals surface area (Å²) in [5.41, 5.74) is 0.582. The molecule has 0 aromatic heterocycles. The van der Waals surface area contributed by atoms with Crippen molar-refractivity contribution >= 4 is 17.9 Å². The van der Waals surface area contributed by atoms with Gasteiger partial charge in [0.05, 0.1) is 17.7 Å². The second-order valence-electron chi connectivity index (χ2n) is 4.01. The highest BCUT2D eigenvalue weighted by atomic mass is 35.5. The van der Waals surface area contributed by atoms with Crippen molar-refractivity contribution in [1.82, 2.24) is 0 Å². The molecule has 0 aliphatic carbocycles. The van der Waals surface area contributed by atoms with Gasteiger partial charge in [-0.05, 0) is 30.3 Å². The van der Waals surface area contributed by atoms with E-state index < -0.39 is 5.82 Å². The molecule has 20 heavy (non-hydrogen) atoms. The SMILES string of the molecule is COc1ccc(OCc2c(F)cccc2Cl)c(C=O)c1. The number of methoxy groups -OCH3 is 1. The third kappa shape index (κ3) is 3.08. The lowest BCUT2D eigenvalue weighted by molar-refractivity contribution is 0.111. The fraction of sp³-hybridized carbons (Fsp3) is 0.133. The highest BCUT2D eigenvalue weighted by Crippen LogP contribution is 2.25. The summed E-state index contributed by atoms with van der Waals surface area (Å²) in [4.78, 5) is 11.0. The summed E-state index contributed by atoms with van der Waals surface area (Å²) < 4.78 is 24.1. The first kappa shape index (κ1) is 14.3. The van der Waals surface area contributed by atoms with Crippen molar-refractivity contribution in [2.75, 3.05) is 7.11 Å². The number of rotatable bonds is 5.